The molecule has 0 aliphatic rings. The first-order valence-electron chi connectivity index (χ1n) is 4.83. The molecule has 4 heteroatoms. The topological polar surface area (TPSA) is 33.4 Å². The summed E-state index contributed by atoms with van der Waals surface area (Å²) in [5.74, 6) is 0.579. The van der Waals surface area contributed by atoms with Gasteiger partial charge in [-0.15, -0.1) is 0 Å². The van der Waals surface area contributed by atoms with E-state index in [1.165, 1.54) is 0 Å². The number of aliphatic hydroxyl groups is 1. The second kappa shape index (κ2) is 5.17. The molecule has 2 nitrogen and oxygen atoms in total. The zero-order valence-electron chi connectivity index (χ0n) is 8.36. The van der Waals surface area contributed by atoms with Crippen molar-refractivity contribution in [3.05, 3.63) is 56.9 Å². The molecule has 84 valence electrons. The lowest BCUT2D eigenvalue weighted by Crippen LogP contribution is -2.00. The lowest BCUT2D eigenvalue weighted by atomic mass is 10.1. The molecular formula is C12H10Br2O2. The van der Waals surface area contributed by atoms with Gasteiger partial charge in [0, 0.05) is 10.9 Å². The summed E-state index contributed by atoms with van der Waals surface area (Å²) in [6.07, 6.45) is -0.0553. The standard InChI is InChI=1S/C12H10Br2O2/c13-9-3-1-8(2-4-9)7-10(15)11-5-6-12(14)16-11/h1-6,10,15H,7H2. The van der Waals surface area contributed by atoms with E-state index in [0.717, 1.165) is 10.0 Å². The zero-order valence-corrected chi connectivity index (χ0v) is 11.5. The first-order chi connectivity index (χ1) is 7.65. The average Bonchev–Trinajstić information content (AvgIpc) is 2.68. The van der Waals surface area contributed by atoms with Crippen molar-refractivity contribution in [2.45, 2.75) is 12.5 Å². The highest BCUT2D eigenvalue weighted by Crippen LogP contribution is 2.23. The minimum absolute atomic E-state index is 0.549. The third kappa shape index (κ3) is 2.97. The predicted molar refractivity (Wildman–Crippen MR) is 69.2 cm³/mol. The lowest BCUT2D eigenvalue weighted by molar-refractivity contribution is 0.149. The molecule has 0 bridgehead atoms. The van der Waals surface area contributed by atoms with E-state index < -0.39 is 6.10 Å². The fourth-order valence-corrected chi connectivity index (χ4v) is 2.04. The molecule has 2 aromatic rings. The summed E-state index contributed by atoms with van der Waals surface area (Å²) in [6.45, 7) is 0. The van der Waals surface area contributed by atoms with Crippen LogP contribution in [-0.4, -0.2) is 5.11 Å². The second-order valence-electron chi connectivity index (χ2n) is 3.49. The van der Waals surface area contributed by atoms with Gasteiger partial charge in [-0.25, -0.2) is 0 Å². The maximum Gasteiger partial charge on any atom is 0.169 e. The highest BCUT2D eigenvalue weighted by atomic mass is 79.9. The fraction of sp³-hybridized carbons (Fsp3) is 0.167. The minimum atomic E-state index is -0.604. The Hall–Kier alpha value is -0.580. The van der Waals surface area contributed by atoms with Gasteiger partial charge in [0.15, 0.2) is 4.67 Å². The third-order valence-electron chi connectivity index (χ3n) is 2.26. The Kier molecular flexibility index (Phi) is 3.84. The summed E-state index contributed by atoms with van der Waals surface area (Å²) in [7, 11) is 0. The molecule has 1 aromatic heterocycles. The Bertz CT molecular complexity index is 462. The summed E-state index contributed by atoms with van der Waals surface area (Å²) in [5.41, 5.74) is 1.07. The van der Waals surface area contributed by atoms with E-state index in [2.05, 4.69) is 31.9 Å². The van der Waals surface area contributed by atoms with E-state index in [1.54, 1.807) is 12.1 Å². The minimum Gasteiger partial charge on any atom is -0.452 e. The maximum absolute atomic E-state index is 9.93. The average molecular weight is 346 g/mol. The van der Waals surface area contributed by atoms with Gasteiger partial charge in [0.2, 0.25) is 0 Å². The zero-order chi connectivity index (χ0) is 11.5. The Labute approximate surface area is 111 Å². The summed E-state index contributed by atoms with van der Waals surface area (Å²) in [6, 6.07) is 11.4. The molecule has 2 rings (SSSR count). The van der Waals surface area contributed by atoms with Crippen molar-refractivity contribution < 1.29 is 9.52 Å². The van der Waals surface area contributed by atoms with Gasteiger partial charge in [-0.3, -0.25) is 0 Å². The molecule has 0 amide bonds. The van der Waals surface area contributed by atoms with Crippen LogP contribution in [0.15, 0.2) is 50.0 Å². The molecule has 1 N–H and O–H groups in total. The largest absolute Gasteiger partial charge is 0.452 e. The number of aliphatic hydroxyl groups excluding tert-OH is 1. The number of hydrogen-bond donors (Lipinski definition) is 1. The van der Waals surface area contributed by atoms with Crippen molar-refractivity contribution in [1.82, 2.24) is 0 Å². The Morgan fingerprint density at radius 1 is 1.06 bits per heavy atom. The third-order valence-corrected chi connectivity index (χ3v) is 3.22. The van der Waals surface area contributed by atoms with Crippen LogP contribution < -0.4 is 0 Å². The smallest absolute Gasteiger partial charge is 0.169 e. The van der Waals surface area contributed by atoms with E-state index >= 15 is 0 Å². The van der Waals surface area contributed by atoms with Crippen molar-refractivity contribution in [3.8, 4) is 0 Å². The second-order valence-corrected chi connectivity index (χ2v) is 5.19. The summed E-state index contributed by atoms with van der Waals surface area (Å²) in [5, 5.41) is 9.93. The molecule has 1 atom stereocenters. The van der Waals surface area contributed by atoms with Gasteiger partial charge >= 0.3 is 0 Å². The first-order valence-corrected chi connectivity index (χ1v) is 6.41. The van der Waals surface area contributed by atoms with Crippen molar-refractivity contribution in [1.29, 1.82) is 0 Å². The normalized spacial score (nSPS) is 12.7. The van der Waals surface area contributed by atoms with E-state index in [9.17, 15) is 5.11 Å². The molecule has 1 heterocycles. The van der Waals surface area contributed by atoms with Crippen molar-refractivity contribution in [2.75, 3.05) is 0 Å². The van der Waals surface area contributed by atoms with Crippen LogP contribution in [0.3, 0.4) is 0 Å². The summed E-state index contributed by atoms with van der Waals surface area (Å²) in [4.78, 5) is 0. The van der Waals surface area contributed by atoms with Crippen molar-refractivity contribution in [3.63, 3.8) is 0 Å². The van der Waals surface area contributed by atoms with Gasteiger partial charge < -0.3 is 9.52 Å². The molecule has 0 aliphatic heterocycles. The molecule has 0 saturated heterocycles. The maximum atomic E-state index is 9.93. The molecule has 0 spiro atoms. The van der Waals surface area contributed by atoms with Crippen LogP contribution in [0, 0.1) is 0 Å². The molecule has 16 heavy (non-hydrogen) atoms. The highest BCUT2D eigenvalue weighted by Gasteiger charge is 2.12. The Balaban J connectivity index is 2.07. The van der Waals surface area contributed by atoms with Gasteiger partial charge in [-0.05, 0) is 45.8 Å². The number of hydrogen-bond acceptors (Lipinski definition) is 2. The van der Waals surface area contributed by atoms with Gasteiger partial charge in [0.25, 0.3) is 0 Å². The predicted octanol–water partition coefficient (Wildman–Crippen LogP) is 4.08. The Morgan fingerprint density at radius 3 is 2.31 bits per heavy atom. The lowest BCUT2D eigenvalue weighted by Gasteiger charge is -2.07. The molecule has 0 aliphatic carbocycles. The molecule has 1 aromatic carbocycles. The van der Waals surface area contributed by atoms with Crippen LogP contribution in [0.2, 0.25) is 0 Å². The first kappa shape index (κ1) is 11.9. The number of halogens is 2. The van der Waals surface area contributed by atoms with Crippen LogP contribution in [-0.2, 0) is 6.42 Å². The summed E-state index contributed by atoms with van der Waals surface area (Å²) < 4.78 is 6.97. The number of benzene rings is 1. The highest BCUT2D eigenvalue weighted by molar-refractivity contribution is 9.10. The molecule has 0 fully saturated rings. The van der Waals surface area contributed by atoms with Crippen molar-refractivity contribution in [2.24, 2.45) is 0 Å². The van der Waals surface area contributed by atoms with E-state index in [4.69, 9.17) is 4.42 Å². The van der Waals surface area contributed by atoms with Crippen LogP contribution in [0.5, 0.6) is 0 Å². The van der Waals surface area contributed by atoms with E-state index in [-0.39, 0.29) is 0 Å². The number of furan rings is 1. The molecule has 1 unspecified atom stereocenters. The molecular weight excluding hydrogens is 336 g/mol. The molecule has 0 radical (unpaired) electrons. The summed E-state index contributed by atoms with van der Waals surface area (Å²) >= 11 is 6.58. The van der Waals surface area contributed by atoms with Crippen LogP contribution in [0.1, 0.15) is 17.4 Å². The quantitative estimate of drug-likeness (QED) is 0.909. The van der Waals surface area contributed by atoms with Gasteiger partial charge in [-0.1, -0.05) is 28.1 Å². The number of rotatable bonds is 3. The van der Waals surface area contributed by atoms with Crippen LogP contribution in [0.4, 0.5) is 0 Å². The van der Waals surface area contributed by atoms with E-state index in [1.807, 2.05) is 24.3 Å². The van der Waals surface area contributed by atoms with Gasteiger partial charge in [0.1, 0.15) is 11.9 Å². The Morgan fingerprint density at radius 2 is 1.75 bits per heavy atom. The van der Waals surface area contributed by atoms with Crippen LogP contribution in [0.25, 0.3) is 0 Å². The van der Waals surface area contributed by atoms with E-state index in [0.29, 0.717) is 16.9 Å². The fourth-order valence-electron chi connectivity index (χ4n) is 1.45. The van der Waals surface area contributed by atoms with Crippen molar-refractivity contribution >= 4 is 31.9 Å². The monoisotopic (exact) mass is 344 g/mol. The van der Waals surface area contributed by atoms with Crippen LogP contribution >= 0.6 is 31.9 Å². The van der Waals surface area contributed by atoms with Gasteiger partial charge in [-0.2, -0.15) is 0 Å². The molecule has 0 saturated carbocycles. The SMILES string of the molecule is OC(Cc1ccc(Br)cc1)c1ccc(Br)o1. The van der Waals surface area contributed by atoms with Gasteiger partial charge in [0.05, 0.1) is 0 Å².